The lowest BCUT2D eigenvalue weighted by molar-refractivity contribution is -0.142. The van der Waals surface area contributed by atoms with E-state index in [1.54, 1.807) is 56.6 Å². The maximum absolute atomic E-state index is 12.2. The van der Waals surface area contributed by atoms with E-state index in [4.69, 9.17) is 24.4 Å². The van der Waals surface area contributed by atoms with E-state index in [0.29, 0.717) is 11.0 Å². The molecule has 0 N–H and O–H groups in total. The van der Waals surface area contributed by atoms with Crippen molar-refractivity contribution in [2.45, 2.75) is 351 Å². The van der Waals surface area contributed by atoms with E-state index in [-0.39, 0.29) is 61.5 Å². The first-order valence-corrected chi connectivity index (χ1v) is 36.1. The molecule has 3 amide bonds. The van der Waals surface area contributed by atoms with E-state index >= 15 is 0 Å². The number of urea groups is 1. The molecule has 0 heterocycles. The first kappa shape index (κ1) is 103. The molecule has 0 aromatic rings. The number of hydrogen-bond acceptors (Lipinski definition) is 9. The monoisotopic (exact) mass is 1380 g/mol. The van der Waals surface area contributed by atoms with Crippen LogP contribution >= 0.6 is 24.4 Å². The van der Waals surface area contributed by atoms with E-state index in [9.17, 15) is 26.4 Å². The summed E-state index contributed by atoms with van der Waals surface area (Å²) in [4.78, 5) is 38.9. The first-order valence-electron chi connectivity index (χ1n) is 32.5. The summed E-state index contributed by atoms with van der Waals surface area (Å²) >= 11 is 10.8. The Morgan fingerprint density at radius 3 is 0.637 bits per heavy atom. The molecule has 0 aromatic carbocycles. The minimum atomic E-state index is -3.39. The van der Waals surface area contributed by atoms with Gasteiger partial charge in [-0.3, -0.25) is 4.79 Å². The lowest BCUT2D eigenvalue weighted by atomic mass is 9.92. The fourth-order valence-corrected chi connectivity index (χ4v) is 9.93. The van der Waals surface area contributed by atoms with Gasteiger partial charge in [0, 0.05) is 136 Å². The number of rotatable bonds is 4. The normalized spacial score (nSPS) is 13.6. The molecule has 0 saturated heterocycles. The third kappa shape index (κ3) is 41.0. The van der Waals surface area contributed by atoms with Crippen molar-refractivity contribution in [2.24, 2.45) is 16.2 Å². The Hall–Kier alpha value is -1.94. The minimum Gasteiger partial charge on any atom is -0.364 e. The van der Waals surface area contributed by atoms with Crippen molar-refractivity contribution in [3.05, 3.63) is 0 Å². The number of carbonyl (C=O) groups excluding carboxylic acids is 2. The molecule has 0 aromatic heterocycles. The Morgan fingerprint density at radius 2 is 0.527 bits per heavy atom. The van der Waals surface area contributed by atoms with Gasteiger partial charge in [-0.2, -0.15) is 21.3 Å². The van der Waals surface area contributed by atoms with Crippen LogP contribution in [0.25, 0.3) is 0 Å². The molecule has 552 valence electrons. The SMILES string of the molecule is CN(C(=O)C(C)(C)C)C(C)(C)C.CN(C(=O)N(C)C(C)(C)C)C(C)(C)C.CN(C(=S)C(C)(C)C)C(C)(C)C.CN(C(=S)N(C)C(C)(C)C)C(C)(C)C.CN(C(C)(C)C)S(=O)(=O)C(C)(C)C.CN(C(C)(C)C)S(=O)(=O)N(C)C(C)(C)C.CN(CC(C)(C)C)C(C)(C)C. The Kier molecular flexibility index (Phi) is 40.0. The van der Waals surface area contributed by atoms with Crippen molar-refractivity contribution >= 4 is 66.7 Å². The molecule has 0 aliphatic rings. The fourth-order valence-electron chi connectivity index (χ4n) is 5.81. The minimum absolute atomic E-state index is 0.0602. The summed E-state index contributed by atoms with van der Waals surface area (Å²) in [7, 11) is 12.1. The highest BCUT2D eigenvalue weighted by atomic mass is 32.2. The third-order valence-corrected chi connectivity index (χ3v) is 22.3. The zero-order chi connectivity index (χ0) is 76.8. The highest BCUT2D eigenvalue weighted by Gasteiger charge is 2.40. The van der Waals surface area contributed by atoms with E-state index < -0.39 is 36.1 Å². The Bertz CT molecular complexity index is 2240. The highest BCUT2D eigenvalue weighted by molar-refractivity contribution is 7.90. The number of nitrogens with zero attached hydrogens (tertiary/aromatic N) is 10. The van der Waals surface area contributed by atoms with Gasteiger partial charge in [-0.25, -0.2) is 13.2 Å². The Morgan fingerprint density at radius 1 is 0.297 bits per heavy atom. The molecule has 0 atom stereocenters. The summed E-state index contributed by atoms with van der Waals surface area (Å²) in [5, 5.41) is 0.894. The number of sulfonamides is 1. The molecule has 0 saturated carbocycles. The van der Waals surface area contributed by atoms with Gasteiger partial charge in [-0.15, -0.1) is 0 Å². The van der Waals surface area contributed by atoms with Crippen LogP contribution in [0.1, 0.15) is 291 Å². The molecule has 0 fully saturated rings. The highest BCUT2D eigenvalue weighted by Crippen LogP contribution is 2.28. The molecular weight excluding hydrogens is 1220 g/mol. The van der Waals surface area contributed by atoms with E-state index in [2.05, 4.69) is 158 Å². The average molecular weight is 1380 g/mol. The summed E-state index contributed by atoms with van der Waals surface area (Å²) < 4.78 is 51.7. The van der Waals surface area contributed by atoms with Crippen molar-refractivity contribution in [2.75, 3.05) is 77.0 Å². The number of thiocarbonyl (C=S) groups is 2. The topological polar surface area (TPSA) is 135 Å². The van der Waals surface area contributed by atoms with E-state index in [1.807, 2.05) is 181 Å². The maximum Gasteiger partial charge on any atom is 0.320 e. The van der Waals surface area contributed by atoms with Crippen LogP contribution < -0.4 is 0 Å². The van der Waals surface area contributed by atoms with Crippen molar-refractivity contribution in [3.63, 3.8) is 0 Å². The molecule has 20 heteroatoms. The van der Waals surface area contributed by atoms with Gasteiger partial charge in [0.15, 0.2) is 5.11 Å². The summed E-state index contributed by atoms with van der Waals surface area (Å²) in [6.45, 7) is 86.8. The van der Waals surface area contributed by atoms with E-state index in [1.165, 1.54) is 12.9 Å². The van der Waals surface area contributed by atoms with Crippen LogP contribution in [0, 0.1) is 16.2 Å². The first-order chi connectivity index (χ1) is 38.4. The largest absolute Gasteiger partial charge is 0.364 e. The molecule has 0 bridgehead atoms. The Labute approximate surface area is 581 Å². The van der Waals surface area contributed by atoms with Gasteiger partial charge in [0.1, 0.15) is 0 Å². The standard InChI is InChI=1S/C11H24N2O.C11H24N2S.C10H24N2O2S.C10H21NO.C10H21NS.C10H23N.C9H21NO2S/c2*1-10(2,3)12(7)9(14)13(8)11(4,5)6;1-9(2,3)11(7)15(13,14)12(8)10(4,5)6;2*1-9(2,3)8(12)11(7)10(4,5)6;1-9(2,3)8-11(7)10(4,5)6;1-8(2,3)10(7)13(11,12)9(4,5)6/h2*1-8H3;1-8H3;2*1-7H3;8H2,1-7H3;1-7H3. The van der Waals surface area contributed by atoms with Gasteiger partial charge in [-0.05, 0) is 253 Å². The summed E-state index contributed by atoms with van der Waals surface area (Å²) in [6, 6.07) is 0.0602. The number of carbonyl (C=O) groups is 2. The molecule has 16 nitrogen and oxygen atoms in total. The molecule has 0 unspecified atom stereocenters. The van der Waals surface area contributed by atoms with Crippen molar-refractivity contribution in [1.29, 1.82) is 0 Å². The van der Waals surface area contributed by atoms with Gasteiger partial charge in [-0.1, -0.05) is 74.5 Å². The molecule has 0 rings (SSSR count). The molecular formula is C71H158N10O6S4. The van der Waals surface area contributed by atoms with Crippen molar-refractivity contribution < 1.29 is 26.4 Å². The zero-order valence-electron chi connectivity index (χ0n) is 70.3. The average Bonchev–Trinajstić information content (AvgIpc) is 3.27. The van der Waals surface area contributed by atoms with Gasteiger partial charge >= 0.3 is 6.03 Å². The summed E-state index contributed by atoms with van der Waals surface area (Å²) in [5.74, 6) is 0.190. The molecule has 0 spiro atoms. The van der Waals surface area contributed by atoms with Crippen LogP contribution in [-0.4, -0.2) is 223 Å². The quantitative estimate of drug-likeness (QED) is 0.248. The number of hydrogen-bond donors (Lipinski definition) is 0. The molecule has 0 aliphatic carbocycles. The summed E-state index contributed by atoms with van der Waals surface area (Å²) in [5.41, 5.74) is -0.688. The lowest BCUT2D eigenvalue weighted by Gasteiger charge is -2.43. The zero-order valence-corrected chi connectivity index (χ0v) is 73.5. The maximum atomic E-state index is 12.2. The number of amides is 3. The predicted octanol–water partition coefficient (Wildman–Crippen LogP) is 17.0. The molecule has 0 aliphatic heterocycles. The van der Waals surface area contributed by atoms with Gasteiger partial charge in [0.05, 0.1) is 9.74 Å². The molecule has 0 radical (unpaired) electrons. The predicted molar refractivity (Wildman–Crippen MR) is 412 cm³/mol. The second kappa shape index (κ2) is 35.5. The van der Waals surface area contributed by atoms with Gasteiger partial charge < -0.3 is 34.3 Å². The third-order valence-electron chi connectivity index (χ3n) is 15.6. The van der Waals surface area contributed by atoms with Crippen LogP contribution in [0.3, 0.4) is 0 Å². The van der Waals surface area contributed by atoms with Crippen molar-refractivity contribution in [1.82, 2.24) is 47.2 Å². The Balaban J connectivity index is -0.000000181. The fraction of sp³-hybridized carbons (Fsp3) is 0.944. The van der Waals surface area contributed by atoms with Crippen LogP contribution in [0.2, 0.25) is 0 Å². The van der Waals surface area contributed by atoms with Gasteiger partial charge in [0.2, 0.25) is 15.9 Å². The smallest absolute Gasteiger partial charge is 0.320 e. The molecule has 91 heavy (non-hydrogen) atoms. The van der Waals surface area contributed by atoms with Crippen LogP contribution in [0.4, 0.5) is 4.79 Å². The second-order valence-electron chi connectivity index (χ2n) is 38.7. The van der Waals surface area contributed by atoms with Crippen molar-refractivity contribution in [3.8, 4) is 0 Å². The summed E-state index contributed by atoms with van der Waals surface area (Å²) in [6.07, 6.45) is 0. The lowest BCUT2D eigenvalue weighted by Crippen LogP contribution is -2.53. The van der Waals surface area contributed by atoms with Crippen LogP contribution in [0.15, 0.2) is 0 Å². The van der Waals surface area contributed by atoms with Crippen LogP contribution in [-0.2, 0) is 25.0 Å². The van der Waals surface area contributed by atoms with Gasteiger partial charge in [0.25, 0.3) is 10.2 Å². The van der Waals surface area contributed by atoms with Crippen LogP contribution in [0.5, 0.6) is 0 Å². The second-order valence-corrected chi connectivity index (χ2v) is 44.1. The van der Waals surface area contributed by atoms with E-state index in [0.717, 1.165) is 16.6 Å².